The zero-order chi connectivity index (χ0) is 28.4. The lowest BCUT2D eigenvalue weighted by Crippen LogP contribution is -2.18. The normalized spacial score (nSPS) is 11.4. The standard InChI is InChI=1S/C29H20ClF3N4O3/c1-17-13-18(23-12-11-20(30)14-34-23)9-10-19(17)16-40-25-7-3-2-5-21(25)24-6-4-8-26(36-24)37-27(29(31,32)33)22(15-35-37)28(38)39/h2-15H,16H2,1H3,(H,38,39). The average molecular weight is 565 g/mol. The maximum absolute atomic E-state index is 13.7. The number of alkyl halides is 3. The summed E-state index contributed by atoms with van der Waals surface area (Å²) in [4.78, 5) is 20.1. The van der Waals surface area contributed by atoms with E-state index in [2.05, 4.69) is 15.1 Å². The summed E-state index contributed by atoms with van der Waals surface area (Å²) >= 11 is 5.93. The van der Waals surface area contributed by atoms with Crippen LogP contribution >= 0.6 is 11.6 Å². The number of carboxylic acids is 1. The lowest BCUT2D eigenvalue weighted by Gasteiger charge is -2.15. The van der Waals surface area contributed by atoms with Gasteiger partial charge in [0, 0.05) is 17.3 Å². The Morgan fingerprint density at radius 2 is 1.80 bits per heavy atom. The highest BCUT2D eigenvalue weighted by Crippen LogP contribution is 2.35. The molecule has 0 bridgehead atoms. The molecule has 3 heterocycles. The van der Waals surface area contributed by atoms with Crippen molar-refractivity contribution in [3.8, 4) is 34.1 Å². The minimum absolute atomic E-state index is 0.186. The van der Waals surface area contributed by atoms with Gasteiger partial charge in [0.1, 0.15) is 17.9 Å². The van der Waals surface area contributed by atoms with E-state index in [-0.39, 0.29) is 12.4 Å². The Hall–Kier alpha value is -4.70. The number of aromatic carboxylic acids is 1. The van der Waals surface area contributed by atoms with Crippen molar-refractivity contribution in [2.45, 2.75) is 19.7 Å². The number of benzene rings is 2. The number of hydrogen-bond acceptors (Lipinski definition) is 5. The Morgan fingerprint density at radius 1 is 1.00 bits per heavy atom. The first kappa shape index (κ1) is 26.9. The van der Waals surface area contributed by atoms with Crippen LogP contribution in [0, 0.1) is 6.92 Å². The summed E-state index contributed by atoms with van der Waals surface area (Å²) < 4.78 is 47.8. The molecule has 0 saturated carbocycles. The van der Waals surface area contributed by atoms with E-state index in [1.165, 1.54) is 12.1 Å². The van der Waals surface area contributed by atoms with E-state index >= 15 is 0 Å². The second kappa shape index (κ2) is 10.8. The van der Waals surface area contributed by atoms with Gasteiger partial charge in [0.25, 0.3) is 0 Å². The summed E-state index contributed by atoms with van der Waals surface area (Å²) in [7, 11) is 0. The Kier molecular flexibility index (Phi) is 7.27. The van der Waals surface area contributed by atoms with Gasteiger partial charge >= 0.3 is 12.1 Å². The zero-order valence-corrected chi connectivity index (χ0v) is 21.6. The van der Waals surface area contributed by atoms with E-state index in [4.69, 9.17) is 16.3 Å². The molecule has 2 aromatic carbocycles. The van der Waals surface area contributed by atoms with Gasteiger partial charge in [-0.3, -0.25) is 4.98 Å². The number of halogens is 4. The van der Waals surface area contributed by atoms with Crippen LogP contribution in [0.5, 0.6) is 5.75 Å². The highest BCUT2D eigenvalue weighted by atomic mass is 35.5. The second-order valence-electron chi connectivity index (χ2n) is 8.79. The van der Waals surface area contributed by atoms with Gasteiger partial charge in [-0.15, -0.1) is 0 Å². The van der Waals surface area contributed by atoms with Crippen LogP contribution in [0.3, 0.4) is 0 Å². The monoisotopic (exact) mass is 564 g/mol. The van der Waals surface area contributed by atoms with E-state index in [9.17, 15) is 23.1 Å². The van der Waals surface area contributed by atoms with Crippen LogP contribution in [0.25, 0.3) is 28.3 Å². The van der Waals surface area contributed by atoms with Crippen molar-refractivity contribution in [3.05, 3.63) is 113 Å². The minimum Gasteiger partial charge on any atom is -0.488 e. The predicted octanol–water partition coefficient (Wildman–Crippen LogP) is 7.25. The van der Waals surface area contributed by atoms with Crippen molar-refractivity contribution in [3.63, 3.8) is 0 Å². The number of para-hydroxylation sites is 1. The first-order valence-corrected chi connectivity index (χ1v) is 12.3. The molecule has 0 radical (unpaired) electrons. The molecule has 5 rings (SSSR count). The smallest absolute Gasteiger partial charge is 0.434 e. The third kappa shape index (κ3) is 5.52. The van der Waals surface area contributed by atoms with Gasteiger partial charge in [-0.2, -0.15) is 18.3 Å². The van der Waals surface area contributed by atoms with E-state index < -0.39 is 23.4 Å². The van der Waals surface area contributed by atoms with E-state index in [0.717, 1.165) is 22.4 Å². The fourth-order valence-corrected chi connectivity index (χ4v) is 4.28. The summed E-state index contributed by atoms with van der Waals surface area (Å²) in [6, 6.07) is 21.0. The molecule has 7 nitrogen and oxygen atoms in total. The van der Waals surface area contributed by atoms with Crippen LogP contribution in [-0.2, 0) is 12.8 Å². The number of rotatable bonds is 7. The van der Waals surface area contributed by atoms with Gasteiger partial charge in [-0.1, -0.05) is 41.9 Å². The van der Waals surface area contributed by atoms with Crippen LogP contribution in [0.4, 0.5) is 13.2 Å². The predicted molar refractivity (Wildman–Crippen MR) is 143 cm³/mol. The van der Waals surface area contributed by atoms with Crippen molar-refractivity contribution < 1.29 is 27.8 Å². The number of carbonyl (C=O) groups is 1. The van der Waals surface area contributed by atoms with Crippen molar-refractivity contribution in [2.24, 2.45) is 0 Å². The van der Waals surface area contributed by atoms with Crippen LogP contribution in [0.2, 0.25) is 5.02 Å². The summed E-state index contributed by atoms with van der Waals surface area (Å²) in [6.07, 6.45) is -2.71. The topological polar surface area (TPSA) is 90.1 Å². The highest BCUT2D eigenvalue weighted by molar-refractivity contribution is 6.30. The number of aryl methyl sites for hydroxylation is 1. The number of aromatic nitrogens is 4. The zero-order valence-electron chi connectivity index (χ0n) is 20.9. The third-order valence-corrected chi connectivity index (χ3v) is 6.36. The second-order valence-corrected chi connectivity index (χ2v) is 9.23. The average Bonchev–Trinajstić information content (AvgIpc) is 3.40. The van der Waals surface area contributed by atoms with Crippen LogP contribution in [-0.4, -0.2) is 30.8 Å². The number of pyridine rings is 2. The van der Waals surface area contributed by atoms with E-state index in [0.29, 0.717) is 32.9 Å². The molecule has 3 aromatic heterocycles. The van der Waals surface area contributed by atoms with Gasteiger partial charge in [-0.25, -0.2) is 14.5 Å². The van der Waals surface area contributed by atoms with Crippen LogP contribution in [0.15, 0.2) is 85.2 Å². The van der Waals surface area contributed by atoms with Crippen LogP contribution < -0.4 is 4.74 Å². The molecule has 202 valence electrons. The maximum Gasteiger partial charge on any atom is 0.434 e. The lowest BCUT2D eigenvalue weighted by atomic mass is 10.0. The fraction of sp³-hybridized carbons (Fsp3) is 0.103. The summed E-state index contributed by atoms with van der Waals surface area (Å²) in [5.41, 5.74) is 2.14. The molecular weight excluding hydrogens is 545 g/mol. The van der Waals surface area contributed by atoms with Crippen molar-refractivity contribution >= 4 is 17.6 Å². The molecule has 0 aliphatic rings. The summed E-state index contributed by atoms with van der Waals surface area (Å²) in [5.74, 6) is -1.45. The molecule has 0 spiro atoms. The van der Waals surface area contributed by atoms with Crippen LogP contribution in [0.1, 0.15) is 27.2 Å². The molecular formula is C29H20ClF3N4O3. The Morgan fingerprint density at radius 3 is 2.50 bits per heavy atom. The first-order valence-electron chi connectivity index (χ1n) is 11.9. The molecule has 0 unspecified atom stereocenters. The quantitative estimate of drug-likeness (QED) is 0.224. The number of hydrogen-bond donors (Lipinski definition) is 1. The minimum atomic E-state index is -4.96. The first-order chi connectivity index (χ1) is 19.1. The van der Waals surface area contributed by atoms with Gasteiger partial charge < -0.3 is 9.84 Å². The lowest BCUT2D eigenvalue weighted by molar-refractivity contribution is -0.143. The molecule has 0 amide bonds. The molecule has 11 heteroatoms. The summed E-state index contributed by atoms with van der Waals surface area (Å²) in [5, 5.41) is 13.4. The molecule has 0 aliphatic heterocycles. The molecule has 0 fully saturated rings. The third-order valence-electron chi connectivity index (χ3n) is 6.13. The fourth-order valence-electron chi connectivity index (χ4n) is 4.17. The maximum atomic E-state index is 13.7. The van der Waals surface area contributed by atoms with Crippen molar-refractivity contribution in [2.75, 3.05) is 0 Å². The Labute approximate surface area is 231 Å². The van der Waals surface area contributed by atoms with E-state index in [1.54, 1.807) is 42.6 Å². The summed E-state index contributed by atoms with van der Waals surface area (Å²) in [6.45, 7) is 2.19. The largest absolute Gasteiger partial charge is 0.488 e. The SMILES string of the molecule is Cc1cc(-c2ccc(Cl)cn2)ccc1COc1ccccc1-c1cccc(-n2ncc(C(=O)O)c2C(F)(F)F)n1. The molecule has 0 aliphatic carbocycles. The molecule has 5 aromatic rings. The highest BCUT2D eigenvalue weighted by Gasteiger charge is 2.41. The number of ether oxygens (including phenoxy) is 1. The van der Waals surface area contributed by atoms with Crippen molar-refractivity contribution in [1.82, 2.24) is 19.7 Å². The molecule has 1 N–H and O–H groups in total. The Bertz CT molecular complexity index is 1700. The Balaban J connectivity index is 1.42. The molecule has 0 atom stereocenters. The number of carboxylic acid groups (broad SMARTS) is 1. The molecule has 40 heavy (non-hydrogen) atoms. The van der Waals surface area contributed by atoms with Gasteiger partial charge in [0.05, 0.1) is 22.6 Å². The van der Waals surface area contributed by atoms with Gasteiger partial charge in [0.2, 0.25) is 0 Å². The van der Waals surface area contributed by atoms with Gasteiger partial charge in [0.15, 0.2) is 11.5 Å². The molecule has 0 saturated heterocycles. The van der Waals surface area contributed by atoms with E-state index in [1.807, 2.05) is 31.2 Å². The van der Waals surface area contributed by atoms with Crippen molar-refractivity contribution in [1.29, 1.82) is 0 Å². The van der Waals surface area contributed by atoms with Gasteiger partial charge in [-0.05, 0) is 60.5 Å². The number of nitrogens with zero attached hydrogens (tertiary/aromatic N) is 4.